The van der Waals surface area contributed by atoms with Crippen molar-refractivity contribution in [2.24, 2.45) is 0 Å². The topological polar surface area (TPSA) is 53.5 Å². The third-order valence-electron chi connectivity index (χ3n) is 7.21. The van der Waals surface area contributed by atoms with Crippen LogP contribution >= 0.6 is 0 Å². The van der Waals surface area contributed by atoms with Crippen molar-refractivity contribution in [2.75, 3.05) is 39.3 Å². The second-order valence-electron chi connectivity index (χ2n) is 9.57. The van der Waals surface area contributed by atoms with Crippen molar-refractivity contribution >= 4 is 11.0 Å². The number of para-hydroxylation sites is 2. The summed E-state index contributed by atoms with van der Waals surface area (Å²) >= 11 is 0. The summed E-state index contributed by atoms with van der Waals surface area (Å²) in [6.45, 7) is 7.41. The molecule has 176 valence electrons. The molecule has 0 saturated carbocycles. The first kappa shape index (κ1) is 22.2. The van der Waals surface area contributed by atoms with Crippen LogP contribution in [-0.4, -0.2) is 58.7 Å². The number of nitrogens with zero attached hydrogens (tertiary/aromatic N) is 3. The standard InChI is InChI=1S/C27H36N4O2/c32-27-28-25-7-2-3-8-26(25)31(27)23-13-18-30(19-14-23)21-22-9-11-24(12-10-22)33-20-6-17-29-15-4-1-5-16-29/h2-3,7-12,23H,1,4-6,13-21H2,(H,28,32). The number of aromatic amines is 1. The van der Waals surface area contributed by atoms with Gasteiger partial charge in [-0.15, -0.1) is 0 Å². The fourth-order valence-corrected chi connectivity index (χ4v) is 5.38. The number of piperidine rings is 2. The number of ether oxygens (including phenoxy) is 1. The Morgan fingerprint density at radius 3 is 2.42 bits per heavy atom. The normalized spacial score (nSPS) is 18.7. The molecule has 0 spiro atoms. The molecule has 0 atom stereocenters. The first-order valence-corrected chi connectivity index (χ1v) is 12.6. The van der Waals surface area contributed by atoms with Gasteiger partial charge in [0.15, 0.2) is 0 Å². The fourth-order valence-electron chi connectivity index (χ4n) is 5.38. The molecule has 5 rings (SSSR count). The number of hydrogen-bond donors (Lipinski definition) is 1. The summed E-state index contributed by atoms with van der Waals surface area (Å²) in [5, 5.41) is 0. The zero-order valence-corrected chi connectivity index (χ0v) is 19.5. The molecular formula is C27H36N4O2. The third kappa shape index (κ3) is 5.50. The van der Waals surface area contributed by atoms with Gasteiger partial charge in [0.05, 0.1) is 17.6 Å². The minimum absolute atomic E-state index is 0.0150. The number of nitrogens with one attached hydrogen (secondary N) is 1. The number of imidazole rings is 1. The lowest BCUT2D eigenvalue weighted by atomic mass is 10.0. The minimum atomic E-state index is 0.0150. The largest absolute Gasteiger partial charge is 0.494 e. The molecule has 0 amide bonds. The molecule has 2 saturated heterocycles. The highest BCUT2D eigenvalue weighted by Gasteiger charge is 2.23. The van der Waals surface area contributed by atoms with Gasteiger partial charge in [0.2, 0.25) is 0 Å². The summed E-state index contributed by atoms with van der Waals surface area (Å²) in [6, 6.07) is 16.8. The fraction of sp³-hybridized carbons (Fsp3) is 0.519. The van der Waals surface area contributed by atoms with E-state index in [9.17, 15) is 4.79 Å². The van der Waals surface area contributed by atoms with Gasteiger partial charge in [0, 0.05) is 32.2 Å². The summed E-state index contributed by atoms with van der Waals surface area (Å²) in [5.74, 6) is 0.967. The lowest BCUT2D eigenvalue weighted by molar-refractivity contribution is 0.180. The molecule has 0 radical (unpaired) electrons. The summed E-state index contributed by atoms with van der Waals surface area (Å²) in [5.41, 5.74) is 3.28. The van der Waals surface area contributed by atoms with E-state index in [1.807, 2.05) is 28.8 Å². The van der Waals surface area contributed by atoms with Gasteiger partial charge in [-0.1, -0.05) is 30.7 Å². The van der Waals surface area contributed by atoms with Crippen LogP contribution in [0.4, 0.5) is 0 Å². The molecule has 2 fully saturated rings. The Kier molecular flexibility index (Phi) is 7.12. The number of likely N-dealkylation sites (tertiary alicyclic amines) is 2. The van der Waals surface area contributed by atoms with Crippen LogP contribution < -0.4 is 10.4 Å². The molecule has 3 heterocycles. The molecule has 1 aromatic heterocycles. The lowest BCUT2D eigenvalue weighted by Gasteiger charge is -2.32. The lowest BCUT2D eigenvalue weighted by Crippen LogP contribution is -2.36. The quantitative estimate of drug-likeness (QED) is 0.518. The molecule has 6 heteroatoms. The van der Waals surface area contributed by atoms with Crippen LogP contribution in [0.2, 0.25) is 0 Å². The van der Waals surface area contributed by atoms with Gasteiger partial charge < -0.3 is 14.6 Å². The second kappa shape index (κ2) is 10.6. The van der Waals surface area contributed by atoms with Gasteiger partial charge in [-0.25, -0.2) is 4.79 Å². The van der Waals surface area contributed by atoms with Gasteiger partial charge >= 0.3 is 5.69 Å². The Hall–Kier alpha value is -2.57. The molecular weight excluding hydrogens is 412 g/mol. The Morgan fingerprint density at radius 2 is 1.64 bits per heavy atom. The first-order chi connectivity index (χ1) is 16.3. The van der Waals surface area contributed by atoms with Crippen LogP contribution in [0.25, 0.3) is 11.0 Å². The average Bonchev–Trinajstić information content (AvgIpc) is 3.20. The molecule has 0 aliphatic carbocycles. The molecule has 2 aliphatic rings. The molecule has 0 unspecified atom stereocenters. The number of fused-ring (bicyclic) bond motifs is 1. The molecule has 2 aromatic carbocycles. The van der Waals surface area contributed by atoms with Gasteiger partial charge in [-0.05, 0) is 75.0 Å². The third-order valence-corrected chi connectivity index (χ3v) is 7.21. The zero-order valence-electron chi connectivity index (χ0n) is 19.5. The highest BCUT2D eigenvalue weighted by atomic mass is 16.5. The van der Waals surface area contributed by atoms with Crippen molar-refractivity contribution in [2.45, 2.75) is 51.1 Å². The van der Waals surface area contributed by atoms with E-state index >= 15 is 0 Å². The summed E-state index contributed by atoms with van der Waals surface area (Å²) in [7, 11) is 0. The Bertz CT molecular complexity index is 1070. The Morgan fingerprint density at radius 1 is 0.879 bits per heavy atom. The number of hydrogen-bond acceptors (Lipinski definition) is 4. The zero-order chi connectivity index (χ0) is 22.5. The van der Waals surface area contributed by atoms with E-state index in [0.29, 0.717) is 0 Å². The van der Waals surface area contributed by atoms with Crippen LogP contribution in [0.1, 0.15) is 50.1 Å². The van der Waals surface area contributed by atoms with Crippen LogP contribution in [0.15, 0.2) is 53.3 Å². The van der Waals surface area contributed by atoms with E-state index in [1.54, 1.807) is 0 Å². The van der Waals surface area contributed by atoms with Crippen LogP contribution in [-0.2, 0) is 6.54 Å². The maximum Gasteiger partial charge on any atom is 0.326 e. The van der Waals surface area contributed by atoms with Crippen LogP contribution in [0, 0.1) is 0 Å². The highest BCUT2D eigenvalue weighted by molar-refractivity contribution is 5.75. The number of rotatable bonds is 8. The average molecular weight is 449 g/mol. The first-order valence-electron chi connectivity index (χ1n) is 12.6. The van der Waals surface area contributed by atoms with Gasteiger partial charge in [-0.3, -0.25) is 9.47 Å². The van der Waals surface area contributed by atoms with E-state index < -0.39 is 0 Å². The highest BCUT2D eigenvalue weighted by Crippen LogP contribution is 2.26. The Balaban J connectivity index is 1.07. The van der Waals surface area contributed by atoms with Crippen molar-refractivity contribution in [1.82, 2.24) is 19.4 Å². The van der Waals surface area contributed by atoms with Gasteiger partial charge in [0.1, 0.15) is 5.75 Å². The maximum atomic E-state index is 12.5. The monoisotopic (exact) mass is 448 g/mol. The molecule has 33 heavy (non-hydrogen) atoms. The van der Waals surface area contributed by atoms with Crippen LogP contribution in [0.3, 0.4) is 0 Å². The van der Waals surface area contributed by atoms with Crippen molar-refractivity contribution in [1.29, 1.82) is 0 Å². The summed E-state index contributed by atoms with van der Waals surface area (Å²) in [6.07, 6.45) is 7.18. The molecule has 3 aromatic rings. The van der Waals surface area contributed by atoms with E-state index in [-0.39, 0.29) is 11.7 Å². The molecule has 0 bridgehead atoms. The number of aromatic nitrogens is 2. The van der Waals surface area contributed by atoms with Gasteiger partial charge in [-0.2, -0.15) is 0 Å². The second-order valence-corrected chi connectivity index (χ2v) is 9.57. The van der Waals surface area contributed by atoms with Gasteiger partial charge in [0.25, 0.3) is 0 Å². The summed E-state index contributed by atoms with van der Waals surface area (Å²) in [4.78, 5) is 20.5. The smallest absolute Gasteiger partial charge is 0.326 e. The van der Waals surface area contributed by atoms with Crippen molar-refractivity contribution in [3.8, 4) is 5.75 Å². The number of H-pyrrole nitrogens is 1. The van der Waals surface area contributed by atoms with Crippen molar-refractivity contribution < 1.29 is 4.74 Å². The van der Waals surface area contributed by atoms with Crippen molar-refractivity contribution in [3.63, 3.8) is 0 Å². The predicted octanol–water partition coefficient (Wildman–Crippen LogP) is 4.42. The SMILES string of the molecule is O=c1[nH]c2ccccc2n1C1CCN(Cc2ccc(OCCCN3CCCCC3)cc2)CC1. The number of benzene rings is 2. The molecule has 2 aliphatic heterocycles. The van der Waals surface area contributed by atoms with Crippen LogP contribution in [0.5, 0.6) is 5.75 Å². The molecule has 1 N–H and O–H groups in total. The van der Waals surface area contributed by atoms with E-state index in [0.717, 1.165) is 68.8 Å². The van der Waals surface area contributed by atoms with Crippen molar-refractivity contribution in [3.05, 3.63) is 64.6 Å². The molecule has 6 nitrogen and oxygen atoms in total. The van der Waals surface area contributed by atoms with E-state index in [4.69, 9.17) is 4.74 Å². The van der Waals surface area contributed by atoms with E-state index in [2.05, 4.69) is 39.0 Å². The van der Waals surface area contributed by atoms with E-state index in [1.165, 1.54) is 37.9 Å². The Labute approximate surface area is 196 Å². The summed E-state index contributed by atoms with van der Waals surface area (Å²) < 4.78 is 7.93. The predicted molar refractivity (Wildman–Crippen MR) is 133 cm³/mol. The minimum Gasteiger partial charge on any atom is -0.494 e. The maximum absolute atomic E-state index is 12.5.